The second-order valence-electron chi connectivity index (χ2n) is 8.85. The van der Waals surface area contributed by atoms with Gasteiger partial charge in [-0.15, -0.1) is 0 Å². The molecule has 6 rings (SSSR count). The van der Waals surface area contributed by atoms with Crippen LogP contribution in [0.3, 0.4) is 0 Å². The number of amides is 4. The van der Waals surface area contributed by atoms with Gasteiger partial charge in [0.05, 0.1) is 29.0 Å². The predicted molar refractivity (Wildman–Crippen MR) is 121 cm³/mol. The van der Waals surface area contributed by atoms with E-state index < -0.39 is 35.8 Å². The number of carbonyl (C=O) groups is 4. The van der Waals surface area contributed by atoms with Crippen molar-refractivity contribution in [1.82, 2.24) is 15.4 Å². The summed E-state index contributed by atoms with van der Waals surface area (Å²) in [7, 11) is 0. The average molecular weight is 456 g/mol. The van der Waals surface area contributed by atoms with Gasteiger partial charge in [-0.3, -0.25) is 24.2 Å². The standard InChI is InChI=1S/C25H20N4O5/c1-12-11-13(9-10-26-12)28-22(31)14-5-7-16-21-17(8-6-15(20(14)21)23(28)32)25(34)29(24(16)33)27-18-3-2-4-19(18)30/h5-11,18-19,27,30H,2-4H2,1H3. The fraction of sp³-hybridized carbons (Fsp3) is 0.240. The molecule has 34 heavy (non-hydrogen) atoms. The van der Waals surface area contributed by atoms with Crippen molar-refractivity contribution in [3.8, 4) is 0 Å². The Balaban J connectivity index is 1.49. The molecule has 2 unspecified atom stereocenters. The molecule has 170 valence electrons. The van der Waals surface area contributed by atoms with Crippen LogP contribution in [-0.4, -0.2) is 50.9 Å². The van der Waals surface area contributed by atoms with E-state index in [1.807, 2.05) is 0 Å². The molecular weight excluding hydrogens is 436 g/mol. The van der Waals surface area contributed by atoms with Gasteiger partial charge < -0.3 is 5.11 Å². The summed E-state index contributed by atoms with van der Waals surface area (Å²) >= 11 is 0. The Morgan fingerprint density at radius 1 is 0.853 bits per heavy atom. The van der Waals surface area contributed by atoms with E-state index in [1.54, 1.807) is 19.1 Å². The van der Waals surface area contributed by atoms with Gasteiger partial charge in [-0.25, -0.2) is 15.3 Å². The van der Waals surface area contributed by atoms with Gasteiger partial charge in [0, 0.05) is 33.8 Å². The Kier molecular flexibility index (Phi) is 4.42. The number of benzene rings is 2. The molecule has 0 bridgehead atoms. The summed E-state index contributed by atoms with van der Waals surface area (Å²) in [6, 6.07) is 8.92. The summed E-state index contributed by atoms with van der Waals surface area (Å²) in [5.41, 5.74) is 4.90. The molecular formula is C25H20N4O5. The van der Waals surface area contributed by atoms with Crippen molar-refractivity contribution in [3.05, 3.63) is 70.5 Å². The van der Waals surface area contributed by atoms with Crippen LogP contribution in [0.15, 0.2) is 42.6 Å². The molecule has 1 saturated carbocycles. The first-order valence-electron chi connectivity index (χ1n) is 11.1. The fourth-order valence-corrected chi connectivity index (χ4v) is 5.15. The van der Waals surface area contributed by atoms with E-state index in [0.717, 1.165) is 16.3 Å². The minimum atomic E-state index is -0.643. The van der Waals surface area contributed by atoms with Gasteiger partial charge in [0.25, 0.3) is 23.6 Å². The lowest BCUT2D eigenvalue weighted by molar-refractivity contribution is 0.0409. The average Bonchev–Trinajstić information content (AvgIpc) is 3.23. The third-order valence-corrected chi connectivity index (χ3v) is 6.81. The summed E-state index contributed by atoms with van der Waals surface area (Å²) in [5, 5.41) is 11.7. The van der Waals surface area contributed by atoms with E-state index in [-0.39, 0.29) is 22.3 Å². The molecule has 2 aromatic carbocycles. The van der Waals surface area contributed by atoms with E-state index in [4.69, 9.17) is 0 Å². The first kappa shape index (κ1) is 20.6. The summed E-state index contributed by atoms with van der Waals surface area (Å²) in [5.74, 6) is -2.21. The maximum atomic E-state index is 13.4. The molecule has 1 fully saturated rings. The summed E-state index contributed by atoms with van der Waals surface area (Å²) < 4.78 is 0. The van der Waals surface area contributed by atoms with Crippen LogP contribution in [0.4, 0.5) is 5.69 Å². The molecule has 0 spiro atoms. The van der Waals surface area contributed by atoms with E-state index in [2.05, 4.69) is 10.4 Å². The van der Waals surface area contributed by atoms with Crippen LogP contribution in [0, 0.1) is 6.92 Å². The van der Waals surface area contributed by atoms with Gasteiger partial charge in [0.2, 0.25) is 0 Å². The molecule has 2 aliphatic heterocycles. The number of nitrogens with one attached hydrogen (secondary N) is 1. The van der Waals surface area contributed by atoms with Gasteiger partial charge in [0.1, 0.15) is 0 Å². The largest absolute Gasteiger partial charge is 0.391 e. The highest BCUT2D eigenvalue weighted by molar-refractivity contribution is 6.39. The van der Waals surface area contributed by atoms with E-state index >= 15 is 0 Å². The Bertz CT molecular complexity index is 1380. The molecule has 4 amide bonds. The van der Waals surface area contributed by atoms with Crippen molar-refractivity contribution in [3.63, 3.8) is 0 Å². The highest BCUT2D eigenvalue weighted by atomic mass is 16.3. The molecule has 3 aromatic rings. The van der Waals surface area contributed by atoms with E-state index in [0.29, 0.717) is 35.0 Å². The quantitative estimate of drug-likeness (QED) is 0.581. The lowest BCUT2D eigenvalue weighted by Crippen LogP contribution is -2.55. The zero-order chi connectivity index (χ0) is 23.7. The Morgan fingerprint density at radius 3 is 1.91 bits per heavy atom. The van der Waals surface area contributed by atoms with Gasteiger partial charge in [-0.2, -0.15) is 0 Å². The second kappa shape index (κ2) is 7.28. The topological polar surface area (TPSA) is 120 Å². The van der Waals surface area contributed by atoms with Gasteiger partial charge in [-0.1, -0.05) is 0 Å². The highest BCUT2D eigenvalue weighted by Crippen LogP contribution is 2.39. The number of hydrogen-bond acceptors (Lipinski definition) is 7. The number of hydrazine groups is 1. The van der Waals surface area contributed by atoms with E-state index in [9.17, 15) is 24.3 Å². The van der Waals surface area contributed by atoms with Crippen molar-refractivity contribution in [2.75, 3.05) is 4.90 Å². The molecule has 9 heteroatoms. The highest BCUT2D eigenvalue weighted by Gasteiger charge is 2.41. The molecule has 9 nitrogen and oxygen atoms in total. The van der Waals surface area contributed by atoms with Crippen LogP contribution in [0.5, 0.6) is 0 Å². The van der Waals surface area contributed by atoms with Crippen molar-refractivity contribution in [2.45, 2.75) is 38.3 Å². The zero-order valence-corrected chi connectivity index (χ0v) is 18.2. The lowest BCUT2D eigenvalue weighted by Gasteiger charge is -2.33. The number of imide groups is 2. The first-order valence-corrected chi connectivity index (χ1v) is 11.1. The summed E-state index contributed by atoms with van der Waals surface area (Å²) in [4.78, 5) is 58.6. The normalized spacial score (nSPS) is 21.7. The SMILES string of the molecule is Cc1cc(N2C(=O)c3ccc4c5c(ccc(c35)C2=O)C(=O)N(NC2CCCC2O)C4=O)ccn1. The van der Waals surface area contributed by atoms with Crippen molar-refractivity contribution in [2.24, 2.45) is 0 Å². The number of nitrogens with zero attached hydrogens (tertiary/aromatic N) is 3. The predicted octanol–water partition coefficient (Wildman–Crippen LogP) is 2.36. The molecule has 3 aliphatic rings. The van der Waals surface area contributed by atoms with Gasteiger partial charge in [-0.05, 0) is 62.6 Å². The van der Waals surface area contributed by atoms with E-state index in [1.165, 1.54) is 30.5 Å². The molecule has 2 atom stereocenters. The summed E-state index contributed by atoms with van der Waals surface area (Å²) in [6.07, 6.45) is 2.93. The first-order chi connectivity index (χ1) is 16.4. The van der Waals surface area contributed by atoms with Crippen LogP contribution in [0.1, 0.15) is 66.4 Å². The maximum absolute atomic E-state index is 13.4. The Labute approximate surface area is 194 Å². The number of rotatable bonds is 3. The lowest BCUT2D eigenvalue weighted by atomic mass is 9.86. The number of hydrogen-bond donors (Lipinski definition) is 2. The number of aliphatic hydroxyl groups is 1. The van der Waals surface area contributed by atoms with Gasteiger partial charge >= 0.3 is 0 Å². The number of aryl methyl sites for hydroxylation is 1. The number of aliphatic hydroxyl groups excluding tert-OH is 1. The zero-order valence-electron chi connectivity index (χ0n) is 18.2. The van der Waals surface area contributed by atoms with Crippen LogP contribution in [-0.2, 0) is 0 Å². The van der Waals surface area contributed by atoms with Gasteiger partial charge in [0.15, 0.2) is 0 Å². The van der Waals surface area contributed by atoms with Crippen molar-refractivity contribution in [1.29, 1.82) is 0 Å². The third-order valence-electron chi connectivity index (χ3n) is 6.81. The Hall–Kier alpha value is -3.95. The second-order valence-corrected chi connectivity index (χ2v) is 8.85. The molecule has 0 saturated heterocycles. The van der Waals surface area contributed by atoms with Crippen LogP contribution < -0.4 is 10.3 Å². The number of aromatic nitrogens is 1. The summed E-state index contributed by atoms with van der Waals surface area (Å²) in [6.45, 7) is 1.77. The molecule has 1 aromatic heterocycles. The molecule has 3 heterocycles. The fourth-order valence-electron chi connectivity index (χ4n) is 5.15. The number of carbonyl (C=O) groups excluding carboxylic acids is 4. The number of anilines is 1. The molecule has 1 aliphatic carbocycles. The monoisotopic (exact) mass is 456 g/mol. The van der Waals surface area contributed by atoms with Crippen LogP contribution in [0.2, 0.25) is 0 Å². The maximum Gasteiger partial charge on any atom is 0.276 e. The smallest absolute Gasteiger partial charge is 0.276 e. The van der Waals surface area contributed by atoms with Crippen molar-refractivity contribution >= 4 is 40.1 Å². The van der Waals surface area contributed by atoms with Crippen LogP contribution in [0.25, 0.3) is 10.8 Å². The minimum Gasteiger partial charge on any atom is -0.391 e. The third kappa shape index (κ3) is 2.77. The van der Waals surface area contributed by atoms with Crippen molar-refractivity contribution < 1.29 is 24.3 Å². The molecule has 2 N–H and O–H groups in total. The van der Waals surface area contributed by atoms with Crippen LogP contribution >= 0.6 is 0 Å². The molecule has 0 radical (unpaired) electrons. The minimum absolute atomic E-state index is 0.226. The number of pyridine rings is 1. The Morgan fingerprint density at radius 2 is 1.41 bits per heavy atom.